The number of hydrogen-bond donors (Lipinski definition) is 1. The molecule has 1 saturated heterocycles. The number of alkyl halides is 1. The van der Waals surface area contributed by atoms with E-state index in [1.54, 1.807) is 6.92 Å². The summed E-state index contributed by atoms with van der Waals surface area (Å²) >= 11 is 0. The lowest BCUT2D eigenvalue weighted by Gasteiger charge is -2.31. The molecule has 2 unspecified atom stereocenters. The lowest BCUT2D eigenvalue weighted by atomic mass is 9.85. The van der Waals surface area contributed by atoms with Crippen LogP contribution in [0.25, 0.3) is 0 Å². The molecule has 2 rings (SSSR count). The molecule has 1 nitrogen and oxygen atoms in total. The molecule has 0 saturated carbocycles. The van der Waals surface area contributed by atoms with Crippen LogP contribution in [0.1, 0.15) is 49.3 Å². The Morgan fingerprint density at radius 2 is 2.11 bits per heavy atom. The van der Waals surface area contributed by atoms with E-state index in [-0.39, 0.29) is 0 Å². The normalized spacial score (nSPS) is 23.7. The Kier molecular flexibility index (Phi) is 4.06. The Labute approximate surface area is 110 Å². The van der Waals surface area contributed by atoms with Gasteiger partial charge in [-0.05, 0) is 51.3 Å². The van der Waals surface area contributed by atoms with E-state index in [2.05, 4.69) is 18.3 Å². The molecule has 0 spiro atoms. The highest BCUT2D eigenvalue weighted by molar-refractivity contribution is 5.34. The maximum atomic E-state index is 15.0. The zero-order chi connectivity index (χ0) is 13.2. The number of halogens is 1. The Morgan fingerprint density at radius 3 is 2.72 bits per heavy atom. The van der Waals surface area contributed by atoms with Crippen LogP contribution in [0.3, 0.4) is 0 Å². The van der Waals surface area contributed by atoms with Crippen molar-refractivity contribution < 1.29 is 4.39 Å². The van der Waals surface area contributed by atoms with Gasteiger partial charge in [0.15, 0.2) is 0 Å². The molecule has 0 aromatic heterocycles. The van der Waals surface area contributed by atoms with Crippen molar-refractivity contribution in [2.75, 3.05) is 6.54 Å². The third-order valence-corrected chi connectivity index (χ3v) is 3.99. The van der Waals surface area contributed by atoms with Gasteiger partial charge >= 0.3 is 0 Å². The van der Waals surface area contributed by atoms with E-state index in [9.17, 15) is 4.39 Å². The molecule has 0 aliphatic carbocycles. The highest BCUT2D eigenvalue weighted by Gasteiger charge is 2.31. The minimum absolute atomic E-state index is 0.328. The minimum Gasteiger partial charge on any atom is -0.314 e. The van der Waals surface area contributed by atoms with Crippen LogP contribution in [0.15, 0.2) is 18.2 Å². The Hall–Kier alpha value is -0.890. The van der Waals surface area contributed by atoms with Crippen LogP contribution in [0, 0.1) is 13.8 Å². The van der Waals surface area contributed by atoms with Crippen molar-refractivity contribution in [2.24, 2.45) is 0 Å². The molecule has 1 aliphatic rings. The summed E-state index contributed by atoms with van der Waals surface area (Å²) in [5.41, 5.74) is 1.88. The maximum Gasteiger partial charge on any atom is 0.135 e. The second-order valence-corrected chi connectivity index (χ2v) is 5.87. The summed E-state index contributed by atoms with van der Waals surface area (Å²) in [5.74, 6) is 0. The molecular formula is C16H24FN. The van der Waals surface area contributed by atoms with E-state index in [0.717, 1.165) is 24.1 Å². The van der Waals surface area contributed by atoms with Crippen LogP contribution in [-0.4, -0.2) is 12.6 Å². The summed E-state index contributed by atoms with van der Waals surface area (Å²) in [6.07, 6.45) is 4.13. The molecule has 0 bridgehead atoms. The van der Waals surface area contributed by atoms with Crippen LogP contribution in [-0.2, 0) is 5.67 Å². The van der Waals surface area contributed by atoms with Gasteiger partial charge in [0.05, 0.1) is 0 Å². The predicted octanol–water partition coefficient (Wildman–Crippen LogP) is 4.02. The van der Waals surface area contributed by atoms with Crippen LogP contribution in [0.4, 0.5) is 4.39 Å². The first-order valence-corrected chi connectivity index (χ1v) is 6.99. The van der Waals surface area contributed by atoms with E-state index in [0.29, 0.717) is 12.5 Å². The molecule has 1 aromatic carbocycles. The number of benzene rings is 1. The SMILES string of the molecule is Cc1ccc(C(C)(F)CC2CCCCN2)c(C)c1. The average Bonchev–Trinajstić information content (AvgIpc) is 2.29. The summed E-state index contributed by atoms with van der Waals surface area (Å²) in [5, 5.41) is 3.44. The average molecular weight is 249 g/mol. The molecule has 18 heavy (non-hydrogen) atoms. The summed E-state index contributed by atoms with van der Waals surface area (Å²) in [7, 11) is 0. The van der Waals surface area contributed by atoms with E-state index < -0.39 is 5.67 Å². The second kappa shape index (κ2) is 5.40. The Morgan fingerprint density at radius 1 is 1.33 bits per heavy atom. The fourth-order valence-corrected chi connectivity index (χ4v) is 3.07. The molecule has 2 heteroatoms. The van der Waals surface area contributed by atoms with Crippen molar-refractivity contribution in [3.63, 3.8) is 0 Å². The summed E-state index contributed by atoms with van der Waals surface area (Å²) in [4.78, 5) is 0. The van der Waals surface area contributed by atoms with E-state index in [1.807, 2.05) is 19.1 Å². The highest BCUT2D eigenvalue weighted by Crippen LogP contribution is 2.34. The quantitative estimate of drug-likeness (QED) is 0.853. The first-order valence-electron chi connectivity index (χ1n) is 6.99. The molecule has 1 aromatic rings. The molecule has 1 heterocycles. The second-order valence-electron chi connectivity index (χ2n) is 5.87. The largest absolute Gasteiger partial charge is 0.314 e. The molecule has 1 aliphatic heterocycles. The first kappa shape index (κ1) is 13.5. The van der Waals surface area contributed by atoms with Crippen molar-refractivity contribution in [2.45, 2.75) is 58.2 Å². The third kappa shape index (κ3) is 3.11. The van der Waals surface area contributed by atoms with Gasteiger partial charge < -0.3 is 5.32 Å². The van der Waals surface area contributed by atoms with Gasteiger partial charge in [0.1, 0.15) is 5.67 Å². The summed E-state index contributed by atoms with van der Waals surface area (Å²) in [6.45, 7) is 6.82. The van der Waals surface area contributed by atoms with Gasteiger partial charge in [-0.25, -0.2) is 4.39 Å². The standard InChI is InChI=1S/C16H24FN/c1-12-7-8-15(13(2)10-12)16(3,17)11-14-6-4-5-9-18-14/h7-8,10,14,18H,4-6,9,11H2,1-3H3. The molecule has 1 N–H and O–H groups in total. The van der Waals surface area contributed by atoms with Gasteiger partial charge in [-0.2, -0.15) is 0 Å². The van der Waals surface area contributed by atoms with Crippen molar-refractivity contribution in [3.05, 3.63) is 34.9 Å². The van der Waals surface area contributed by atoms with Crippen molar-refractivity contribution in [1.29, 1.82) is 0 Å². The molecule has 0 radical (unpaired) electrons. The van der Waals surface area contributed by atoms with Crippen molar-refractivity contribution in [1.82, 2.24) is 5.32 Å². The Bertz CT molecular complexity index is 406. The zero-order valence-electron chi connectivity index (χ0n) is 11.7. The van der Waals surface area contributed by atoms with Crippen molar-refractivity contribution >= 4 is 0 Å². The maximum absolute atomic E-state index is 15.0. The Balaban J connectivity index is 2.13. The minimum atomic E-state index is -1.23. The molecule has 1 fully saturated rings. The van der Waals surface area contributed by atoms with E-state index in [1.165, 1.54) is 18.4 Å². The number of nitrogens with one attached hydrogen (secondary N) is 1. The van der Waals surface area contributed by atoms with Gasteiger partial charge in [0.2, 0.25) is 0 Å². The first-order chi connectivity index (χ1) is 8.49. The van der Waals surface area contributed by atoms with Gasteiger partial charge in [0, 0.05) is 12.5 Å². The fraction of sp³-hybridized carbons (Fsp3) is 0.625. The number of hydrogen-bond acceptors (Lipinski definition) is 1. The number of aryl methyl sites for hydroxylation is 2. The molecular weight excluding hydrogens is 225 g/mol. The molecule has 0 amide bonds. The summed E-state index contributed by atoms with van der Waals surface area (Å²) in [6, 6.07) is 6.36. The fourth-order valence-electron chi connectivity index (χ4n) is 3.07. The summed E-state index contributed by atoms with van der Waals surface area (Å²) < 4.78 is 15.0. The third-order valence-electron chi connectivity index (χ3n) is 3.99. The molecule has 2 atom stereocenters. The predicted molar refractivity (Wildman–Crippen MR) is 74.6 cm³/mol. The number of rotatable bonds is 3. The monoisotopic (exact) mass is 249 g/mol. The van der Waals surface area contributed by atoms with Gasteiger partial charge in [-0.3, -0.25) is 0 Å². The van der Waals surface area contributed by atoms with Gasteiger partial charge in [0.25, 0.3) is 0 Å². The smallest absolute Gasteiger partial charge is 0.135 e. The number of piperidine rings is 1. The van der Waals surface area contributed by atoms with Crippen LogP contribution >= 0.6 is 0 Å². The molecule has 100 valence electrons. The van der Waals surface area contributed by atoms with Crippen LogP contribution < -0.4 is 5.32 Å². The topological polar surface area (TPSA) is 12.0 Å². The lowest BCUT2D eigenvalue weighted by Crippen LogP contribution is -2.38. The van der Waals surface area contributed by atoms with Gasteiger partial charge in [-0.1, -0.05) is 30.2 Å². The highest BCUT2D eigenvalue weighted by atomic mass is 19.1. The van der Waals surface area contributed by atoms with Crippen molar-refractivity contribution in [3.8, 4) is 0 Å². The van der Waals surface area contributed by atoms with Gasteiger partial charge in [-0.15, -0.1) is 0 Å². The zero-order valence-corrected chi connectivity index (χ0v) is 11.7. The van der Waals surface area contributed by atoms with Crippen LogP contribution in [0.5, 0.6) is 0 Å². The van der Waals surface area contributed by atoms with Crippen LogP contribution in [0.2, 0.25) is 0 Å². The lowest BCUT2D eigenvalue weighted by molar-refractivity contribution is 0.145. The van der Waals surface area contributed by atoms with E-state index in [4.69, 9.17) is 0 Å². The van der Waals surface area contributed by atoms with E-state index >= 15 is 0 Å².